The highest BCUT2D eigenvalue weighted by Crippen LogP contribution is 2.37. The van der Waals surface area contributed by atoms with Crippen molar-refractivity contribution in [3.05, 3.63) is 53.6 Å². The van der Waals surface area contributed by atoms with Gasteiger partial charge in [0.25, 0.3) is 0 Å². The summed E-state index contributed by atoms with van der Waals surface area (Å²) in [6.45, 7) is 20.8. The summed E-state index contributed by atoms with van der Waals surface area (Å²) < 4.78 is 13.6. The van der Waals surface area contributed by atoms with Crippen molar-refractivity contribution < 1.29 is 13.6 Å². The number of carbonyl (C=O) groups is 1. The van der Waals surface area contributed by atoms with Crippen molar-refractivity contribution in [1.29, 1.82) is 0 Å². The molecule has 0 heterocycles. The molecule has 5 heteroatoms. The average Bonchev–Trinajstić information content (AvgIpc) is 3.57. The van der Waals surface area contributed by atoms with Gasteiger partial charge in [-0.25, -0.2) is 0 Å². The molecule has 2 unspecified atom stereocenters. The summed E-state index contributed by atoms with van der Waals surface area (Å²) in [5.74, 6) is 1.92. The lowest BCUT2D eigenvalue weighted by Gasteiger charge is -2.35. The Bertz CT molecular complexity index is 1050. The minimum atomic E-state index is -2.73. The van der Waals surface area contributed by atoms with E-state index in [0.717, 1.165) is 47.6 Å². The predicted molar refractivity (Wildman–Crippen MR) is 172 cm³/mol. The van der Waals surface area contributed by atoms with Gasteiger partial charge in [-0.2, -0.15) is 0 Å². The van der Waals surface area contributed by atoms with E-state index in [2.05, 4.69) is 92.6 Å². The van der Waals surface area contributed by atoms with Crippen molar-refractivity contribution in [2.45, 2.75) is 129 Å². The third kappa shape index (κ3) is 10.1. The quantitative estimate of drug-likeness (QED) is 0.157. The number of ketones is 1. The van der Waals surface area contributed by atoms with Crippen LogP contribution in [-0.2, 0) is 20.1 Å². The van der Waals surface area contributed by atoms with Crippen LogP contribution in [0.1, 0.15) is 118 Å². The molecule has 0 radical (unpaired) electrons. The summed E-state index contributed by atoms with van der Waals surface area (Å²) >= 11 is 4.78. The van der Waals surface area contributed by atoms with E-state index in [9.17, 15) is 4.79 Å². The SMILES string of the molecule is CCCCCC1CC1=O.CCCO[Si](CCC)(Oc1ccc(C(C)(C)C)cc1C(C)(C)C)c1ccccc1S. The number of hydrogen-bond acceptors (Lipinski definition) is 4. The van der Waals surface area contributed by atoms with Gasteiger partial charge in [0.15, 0.2) is 0 Å². The summed E-state index contributed by atoms with van der Waals surface area (Å²) in [6, 6.07) is 15.9. The molecule has 1 fully saturated rings. The van der Waals surface area contributed by atoms with E-state index < -0.39 is 8.56 Å². The number of rotatable bonds is 12. The minimum Gasteiger partial charge on any atom is -0.517 e. The standard InChI is InChI=1S/C26H40O2SSi.C8H14O/c1-9-17-27-30(18-10-2,24-14-12-11-13-23(24)29)28-22-16-15-20(25(3,4)5)19-21(22)26(6,7)8;1-2-3-4-5-7-6-8(7)9/h11-16,19,29H,9-10,17-18H2,1-8H3;7H,2-6H2,1H3. The molecule has 39 heavy (non-hydrogen) atoms. The van der Waals surface area contributed by atoms with Gasteiger partial charge in [-0.1, -0.05) is 118 Å². The van der Waals surface area contributed by atoms with E-state index in [1.807, 2.05) is 12.1 Å². The number of carbonyl (C=O) groups excluding carboxylic acids is 1. The highest BCUT2D eigenvalue weighted by atomic mass is 32.1. The van der Waals surface area contributed by atoms with Crippen molar-refractivity contribution >= 4 is 32.2 Å². The summed E-state index contributed by atoms with van der Waals surface area (Å²) in [5, 5.41) is 1.13. The van der Waals surface area contributed by atoms with Gasteiger partial charge in [-0.15, -0.1) is 12.6 Å². The van der Waals surface area contributed by atoms with Gasteiger partial charge >= 0.3 is 8.56 Å². The molecule has 1 aliphatic carbocycles. The number of Topliss-reactive ketones (excluding diaryl/α,β-unsaturated/α-hetero) is 1. The van der Waals surface area contributed by atoms with Crippen LogP contribution in [0.25, 0.3) is 0 Å². The minimum absolute atomic E-state index is 0.0335. The third-order valence-corrected chi connectivity index (χ3v) is 11.5. The van der Waals surface area contributed by atoms with Crippen molar-refractivity contribution in [1.82, 2.24) is 0 Å². The van der Waals surface area contributed by atoms with Gasteiger partial charge in [-0.3, -0.25) is 4.79 Å². The molecule has 0 amide bonds. The molecule has 0 saturated heterocycles. The van der Waals surface area contributed by atoms with Crippen LogP contribution < -0.4 is 9.61 Å². The lowest BCUT2D eigenvalue weighted by atomic mass is 9.80. The Hall–Kier alpha value is -1.56. The number of thiol groups is 1. The van der Waals surface area contributed by atoms with Crippen LogP contribution in [0, 0.1) is 5.92 Å². The highest BCUT2D eigenvalue weighted by molar-refractivity contribution is 7.80. The summed E-state index contributed by atoms with van der Waals surface area (Å²) in [7, 11) is -2.73. The molecule has 2 aromatic carbocycles. The van der Waals surface area contributed by atoms with Gasteiger partial charge in [0.05, 0.1) is 0 Å². The number of unbranched alkanes of at least 4 members (excludes halogenated alkanes) is 2. The molecule has 1 saturated carbocycles. The van der Waals surface area contributed by atoms with E-state index in [4.69, 9.17) is 21.5 Å². The van der Waals surface area contributed by atoms with E-state index in [1.54, 1.807) is 0 Å². The zero-order valence-electron chi connectivity index (χ0n) is 26.2. The fraction of sp³-hybridized carbons (Fsp3) is 0.618. The van der Waals surface area contributed by atoms with E-state index >= 15 is 0 Å². The molecular formula is C34H54O3SSi. The van der Waals surface area contributed by atoms with Gasteiger partial charge < -0.3 is 8.85 Å². The van der Waals surface area contributed by atoms with Gasteiger partial charge in [0.2, 0.25) is 0 Å². The van der Waals surface area contributed by atoms with Crippen molar-refractivity contribution in [3.8, 4) is 5.75 Å². The molecule has 3 nitrogen and oxygen atoms in total. The molecular weight excluding hydrogens is 517 g/mol. The highest BCUT2D eigenvalue weighted by Gasteiger charge is 2.44. The fourth-order valence-electron chi connectivity index (χ4n) is 4.75. The van der Waals surface area contributed by atoms with Crippen LogP contribution in [0.15, 0.2) is 47.4 Å². The summed E-state index contributed by atoms with van der Waals surface area (Å²) in [4.78, 5) is 11.4. The maximum Gasteiger partial charge on any atom is 0.434 e. The smallest absolute Gasteiger partial charge is 0.434 e. The molecule has 2 atom stereocenters. The molecule has 1 aliphatic rings. The van der Waals surface area contributed by atoms with E-state index in [-0.39, 0.29) is 10.8 Å². The largest absolute Gasteiger partial charge is 0.517 e. The van der Waals surface area contributed by atoms with Crippen molar-refractivity contribution in [3.63, 3.8) is 0 Å². The lowest BCUT2D eigenvalue weighted by Crippen LogP contribution is -2.57. The maximum absolute atomic E-state index is 10.5. The maximum atomic E-state index is 10.5. The Morgan fingerprint density at radius 1 is 0.897 bits per heavy atom. The van der Waals surface area contributed by atoms with Gasteiger partial charge in [0, 0.05) is 35.1 Å². The second-order valence-electron chi connectivity index (χ2n) is 13.0. The molecule has 0 aromatic heterocycles. The first kappa shape index (κ1) is 33.6. The van der Waals surface area contributed by atoms with Gasteiger partial charge in [0.1, 0.15) is 11.5 Å². The molecule has 0 spiro atoms. The Labute approximate surface area is 246 Å². The number of benzene rings is 2. The zero-order chi connectivity index (χ0) is 29.3. The predicted octanol–water partition coefficient (Wildman–Crippen LogP) is 9.29. The van der Waals surface area contributed by atoms with E-state index in [1.165, 1.54) is 30.4 Å². The first-order valence-corrected chi connectivity index (χ1v) is 17.5. The van der Waals surface area contributed by atoms with Crippen LogP contribution >= 0.6 is 12.6 Å². The number of hydrogen-bond donors (Lipinski definition) is 1. The molecule has 0 aliphatic heterocycles. The Morgan fingerprint density at radius 3 is 2.08 bits per heavy atom. The second kappa shape index (κ2) is 14.9. The molecule has 3 rings (SSSR count). The van der Waals surface area contributed by atoms with E-state index in [0.29, 0.717) is 18.3 Å². The van der Waals surface area contributed by atoms with Crippen LogP contribution in [0.3, 0.4) is 0 Å². The van der Waals surface area contributed by atoms with Crippen LogP contribution in [-0.4, -0.2) is 21.0 Å². The van der Waals surface area contributed by atoms with Crippen molar-refractivity contribution in [2.75, 3.05) is 6.61 Å². The molecule has 2 aromatic rings. The Morgan fingerprint density at radius 2 is 1.56 bits per heavy atom. The fourth-order valence-corrected chi connectivity index (χ4v) is 8.81. The average molecular weight is 571 g/mol. The third-order valence-electron chi connectivity index (χ3n) is 7.26. The van der Waals surface area contributed by atoms with Crippen LogP contribution in [0.2, 0.25) is 6.04 Å². The first-order valence-electron chi connectivity index (χ1n) is 15.1. The van der Waals surface area contributed by atoms with Crippen molar-refractivity contribution in [2.24, 2.45) is 5.92 Å². The normalized spacial score (nSPS) is 16.8. The summed E-state index contributed by atoms with van der Waals surface area (Å²) in [5.41, 5.74) is 2.62. The van der Waals surface area contributed by atoms with Crippen LogP contribution in [0.4, 0.5) is 0 Å². The summed E-state index contributed by atoms with van der Waals surface area (Å²) in [6.07, 6.45) is 7.82. The monoisotopic (exact) mass is 570 g/mol. The Kier molecular flexibility index (Phi) is 12.8. The zero-order valence-corrected chi connectivity index (χ0v) is 28.0. The molecule has 218 valence electrons. The first-order chi connectivity index (χ1) is 18.3. The molecule has 0 bridgehead atoms. The Balaban J connectivity index is 0.000000499. The molecule has 0 N–H and O–H groups in total. The second-order valence-corrected chi connectivity index (χ2v) is 16.6. The van der Waals surface area contributed by atoms with Gasteiger partial charge in [-0.05, 0) is 46.9 Å². The van der Waals surface area contributed by atoms with Crippen LogP contribution in [0.5, 0.6) is 5.75 Å². The lowest BCUT2D eigenvalue weighted by molar-refractivity contribution is -0.111. The topological polar surface area (TPSA) is 35.5 Å².